The Balaban J connectivity index is 1.94. The lowest BCUT2D eigenvalue weighted by atomic mass is 10.1. The van der Waals surface area contributed by atoms with E-state index >= 15 is 0 Å². The molecule has 2 N–H and O–H groups in total. The molecule has 0 aliphatic carbocycles. The number of likely N-dealkylation sites (tertiary alicyclic amines) is 1. The first-order chi connectivity index (χ1) is 10.5. The van der Waals surface area contributed by atoms with Crippen molar-refractivity contribution in [2.45, 2.75) is 26.8 Å². The van der Waals surface area contributed by atoms with Crippen LogP contribution in [0.5, 0.6) is 0 Å². The Kier molecular flexibility index (Phi) is 5.55. The fourth-order valence-electron chi connectivity index (χ4n) is 2.65. The van der Waals surface area contributed by atoms with Crippen LogP contribution in [-0.2, 0) is 11.3 Å². The highest BCUT2D eigenvalue weighted by molar-refractivity contribution is 5.94. The SMILES string of the molecule is CC(C)CNC(=O)c1cccc(CN2CCC(C(=O)O)C2)c1. The number of hydrogen-bond acceptors (Lipinski definition) is 3. The minimum absolute atomic E-state index is 0.0552. The molecular formula is C17H24N2O3. The van der Waals surface area contributed by atoms with Crippen LogP contribution in [0, 0.1) is 11.8 Å². The van der Waals surface area contributed by atoms with E-state index in [1.54, 1.807) is 0 Å². The van der Waals surface area contributed by atoms with Crippen LogP contribution in [0.2, 0.25) is 0 Å². The summed E-state index contributed by atoms with van der Waals surface area (Å²) in [6.07, 6.45) is 0.698. The second-order valence-electron chi connectivity index (χ2n) is 6.36. The predicted octanol–water partition coefficient (Wildman–Crippen LogP) is 1.98. The van der Waals surface area contributed by atoms with Gasteiger partial charge >= 0.3 is 5.97 Å². The van der Waals surface area contributed by atoms with E-state index < -0.39 is 5.97 Å². The Morgan fingerprint density at radius 3 is 2.82 bits per heavy atom. The molecule has 0 spiro atoms. The lowest BCUT2D eigenvalue weighted by Crippen LogP contribution is -2.27. The zero-order valence-corrected chi connectivity index (χ0v) is 13.2. The average Bonchev–Trinajstić information content (AvgIpc) is 2.93. The Labute approximate surface area is 131 Å². The summed E-state index contributed by atoms with van der Waals surface area (Å²) in [7, 11) is 0. The van der Waals surface area contributed by atoms with Crippen molar-refractivity contribution in [3.05, 3.63) is 35.4 Å². The van der Waals surface area contributed by atoms with Gasteiger partial charge in [-0.3, -0.25) is 14.5 Å². The molecule has 1 aliphatic rings. The summed E-state index contributed by atoms with van der Waals surface area (Å²) in [5.41, 5.74) is 1.70. The number of rotatable bonds is 6. The third-order valence-corrected chi connectivity index (χ3v) is 3.89. The van der Waals surface area contributed by atoms with Gasteiger partial charge in [0.15, 0.2) is 0 Å². The van der Waals surface area contributed by atoms with E-state index in [0.29, 0.717) is 37.5 Å². The van der Waals surface area contributed by atoms with Gasteiger partial charge in [0.05, 0.1) is 5.92 Å². The summed E-state index contributed by atoms with van der Waals surface area (Å²) in [6, 6.07) is 7.56. The largest absolute Gasteiger partial charge is 0.481 e. The number of benzene rings is 1. The summed E-state index contributed by atoms with van der Waals surface area (Å²) in [5, 5.41) is 11.9. The number of nitrogens with zero attached hydrogens (tertiary/aromatic N) is 1. The molecule has 1 fully saturated rings. The molecule has 120 valence electrons. The lowest BCUT2D eigenvalue weighted by Gasteiger charge is -2.16. The molecule has 1 aromatic carbocycles. The molecule has 0 aromatic heterocycles. The lowest BCUT2D eigenvalue weighted by molar-refractivity contribution is -0.141. The van der Waals surface area contributed by atoms with Gasteiger partial charge in [-0.15, -0.1) is 0 Å². The summed E-state index contributed by atoms with van der Waals surface area (Å²) in [4.78, 5) is 25.2. The molecule has 1 amide bonds. The number of aliphatic carboxylic acids is 1. The van der Waals surface area contributed by atoms with Crippen molar-refractivity contribution in [1.29, 1.82) is 0 Å². The summed E-state index contributed by atoms with van der Waals surface area (Å²) < 4.78 is 0. The Morgan fingerprint density at radius 2 is 2.18 bits per heavy atom. The molecule has 2 rings (SSSR count). The van der Waals surface area contributed by atoms with Crippen molar-refractivity contribution in [2.75, 3.05) is 19.6 Å². The number of carboxylic acids is 1. The van der Waals surface area contributed by atoms with E-state index in [1.165, 1.54) is 0 Å². The molecule has 0 saturated carbocycles. The van der Waals surface area contributed by atoms with Gasteiger partial charge in [0.1, 0.15) is 0 Å². The molecule has 1 atom stereocenters. The molecule has 5 nitrogen and oxygen atoms in total. The van der Waals surface area contributed by atoms with E-state index in [-0.39, 0.29) is 11.8 Å². The normalized spacial score (nSPS) is 18.6. The number of carboxylic acid groups (broad SMARTS) is 1. The first-order valence-electron chi connectivity index (χ1n) is 7.78. The molecule has 1 aliphatic heterocycles. The van der Waals surface area contributed by atoms with Gasteiger partial charge in [-0.25, -0.2) is 0 Å². The van der Waals surface area contributed by atoms with E-state index in [2.05, 4.69) is 24.1 Å². The molecule has 1 saturated heterocycles. The van der Waals surface area contributed by atoms with Crippen molar-refractivity contribution in [3.63, 3.8) is 0 Å². The predicted molar refractivity (Wildman–Crippen MR) is 84.6 cm³/mol. The van der Waals surface area contributed by atoms with E-state index in [1.807, 2.05) is 24.3 Å². The quantitative estimate of drug-likeness (QED) is 0.843. The highest BCUT2D eigenvalue weighted by atomic mass is 16.4. The molecule has 1 aromatic rings. The van der Waals surface area contributed by atoms with Crippen molar-refractivity contribution >= 4 is 11.9 Å². The number of carbonyl (C=O) groups is 2. The Hall–Kier alpha value is -1.88. The third kappa shape index (κ3) is 4.56. The topological polar surface area (TPSA) is 69.6 Å². The molecule has 0 bridgehead atoms. The summed E-state index contributed by atoms with van der Waals surface area (Å²) in [5.74, 6) is -0.619. The van der Waals surface area contributed by atoms with Crippen molar-refractivity contribution in [1.82, 2.24) is 10.2 Å². The van der Waals surface area contributed by atoms with Crippen molar-refractivity contribution in [3.8, 4) is 0 Å². The van der Waals surface area contributed by atoms with Gasteiger partial charge in [0.2, 0.25) is 0 Å². The molecule has 1 unspecified atom stereocenters. The van der Waals surface area contributed by atoms with Gasteiger partial charge < -0.3 is 10.4 Å². The summed E-state index contributed by atoms with van der Waals surface area (Å²) >= 11 is 0. The van der Waals surface area contributed by atoms with Gasteiger partial charge in [-0.05, 0) is 36.6 Å². The van der Waals surface area contributed by atoms with Crippen LogP contribution in [-0.4, -0.2) is 41.5 Å². The average molecular weight is 304 g/mol. The molecule has 0 radical (unpaired) electrons. The third-order valence-electron chi connectivity index (χ3n) is 3.89. The van der Waals surface area contributed by atoms with Gasteiger partial charge in [0.25, 0.3) is 5.91 Å². The van der Waals surface area contributed by atoms with Crippen molar-refractivity contribution < 1.29 is 14.7 Å². The van der Waals surface area contributed by atoms with Crippen LogP contribution in [0.4, 0.5) is 0 Å². The van der Waals surface area contributed by atoms with Crippen LogP contribution in [0.15, 0.2) is 24.3 Å². The molecular weight excluding hydrogens is 280 g/mol. The van der Waals surface area contributed by atoms with E-state index in [9.17, 15) is 9.59 Å². The molecule has 5 heteroatoms. The standard InChI is InChI=1S/C17H24N2O3/c1-12(2)9-18-16(20)14-5-3-4-13(8-14)10-19-7-6-15(11-19)17(21)22/h3-5,8,12,15H,6-7,9-11H2,1-2H3,(H,18,20)(H,21,22). The first-order valence-corrected chi connectivity index (χ1v) is 7.78. The van der Waals surface area contributed by atoms with E-state index in [4.69, 9.17) is 5.11 Å². The highest BCUT2D eigenvalue weighted by Crippen LogP contribution is 2.19. The first kappa shape index (κ1) is 16.5. The zero-order chi connectivity index (χ0) is 16.1. The maximum absolute atomic E-state index is 12.1. The maximum atomic E-state index is 12.1. The number of nitrogens with one attached hydrogen (secondary N) is 1. The second kappa shape index (κ2) is 7.40. The van der Waals surface area contributed by atoms with Crippen molar-refractivity contribution in [2.24, 2.45) is 11.8 Å². The monoisotopic (exact) mass is 304 g/mol. The van der Waals surface area contributed by atoms with Gasteiger partial charge in [-0.2, -0.15) is 0 Å². The molecule has 1 heterocycles. The van der Waals surface area contributed by atoms with E-state index in [0.717, 1.165) is 12.1 Å². The minimum atomic E-state index is -0.718. The fraction of sp³-hybridized carbons (Fsp3) is 0.529. The van der Waals surface area contributed by atoms with Gasteiger partial charge in [0, 0.05) is 25.2 Å². The summed E-state index contributed by atoms with van der Waals surface area (Å²) in [6.45, 7) is 6.84. The van der Waals surface area contributed by atoms with Crippen LogP contribution < -0.4 is 5.32 Å². The van der Waals surface area contributed by atoms with Crippen LogP contribution in [0.25, 0.3) is 0 Å². The molecule has 22 heavy (non-hydrogen) atoms. The van der Waals surface area contributed by atoms with Gasteiger partial charge in [-0.1, -0.05) is 26.0 Å². The second-order valence-corrected chi connectivity index (χ2v) is 6.36. The minimum Gasteiger partial charge on any atom is -0.481 e. The van der Waals surface area contributed by atoms with Crippen LogP contribution >= 0.6 is 0 Å². The fourth-order valence-corrected chi connectivity index (χ4v) is 2.65. The van der Waals surface area contributed by atoms with Crippen LogP contribution in [0.3, 0.4) is 0 Å². The number of hydrogen-bond donors (Lipinski definition) is 2. The smallest absolute Gasteiger partial charge is 0.307 e. The zero-order valence-electron chi connectivity index (χ0n) is 13.2. The number of carbonyl (C=O) groups excluding carboxylic acids is 1. The highest BCUT2D eigenvalue weighted by Gasteiger charge is 2.27. The number of amides is 1. The van der Waals surface area contributed by atoms with Crippen LogP contribution in [0.1, 0.15) is 36.2 Å². The Morgan fingerprint density at radius 1 is 1.41 bits per heavy atom. The Bertz CT molecular complexity index is 542. The maximum Gasteiger partial charge on any atom is 0.307 e.